The fourth-order valence-corrected chi connectivity index (χ4v) is 5.53. The lowest BCUT2D eigenvalue weighted by Crippen LogP contribution is -2.69. The average Bonchev–Trinajstić information content (AvgIpc) is 2.88. The zero-order valence-electron chi connectivity index (χ0n) is 23.4. The molecule has 2 saturated carbocycles. The number of amidine groups is 1. The molecule has 14 N–H and O–H groups in total. The van der Waals surface area contributed by atoms with Crippen molar-refractivity contribution in [1.82, 2.24) is 10.6 Å². The van der Waals surface area contributed by atoms with Crippen molar-refractivity contribution in [3.05, 3.63) is 0 Å². The highest BCUT2D eigenvalue weighted by molar-refractivity contribution is 5.89. The van der Waals surface area contributed by atoms with E-state index in [1.54, 1.807) is 6.92 Å². The third-order valence-electron chi connectivity index (χ3n) is 7.90. The zero-order valence-corrected chi connectivity index (χ0v) is 23.4. The van der Waals surface area contributed by atoms with Gasteiger partial charge in [-0.3, -0.25) is 5.41 Å². The van der Waals surface area contributed by atoms with E-state index in [2.05, 4.69) is 10.6 Å². The lowest BCUT2D eigenvalue weighted by molar-refractivity contribution is -0.276. The molecule has 0 bridgehead atoms. The van der Waals surface area contributed by atoms with Gasteiger partial charge in [0.15, 0.2) is 12.6 Å². The summed E-state index contributed by atoms with van der Waals surface area (Å²) in [5.41, 5.74) is 17.2. The van der Waals surface area contributed by atoms with Crippen molar-refractivity contribution in [3.63, 3.8) is 0 Å². The molecule has 1 saturated heterocycles. The van der Waals surface area contributed by atoms with Crippen LogP contribution in [-0.4, -0.2) is 137 Å². The summed E-state index contributed by atoms with van der Waals surface area (Å²) < 4.78 is 23.9. The molecule has 0 spiro atoms. The molecule has 234 valence electrons. The summed E-state index contributed by atoms with van der Waals surface area (Å²) in [5, 5.41) is 65.2. The minimum absolute atomic E-state index is 0.00590. The van der Waals surface area contributed by atoms with Crippen LogP contribution in [0.25, 0.3) is 0 Å². The van der Waals surface area contributed by atoms with Crippen molar-refractivity contribution < 1.29 is 44.5 Å². The fourth-order valence-electron chi connectivity index (χ4n) is 5.53. The summed E-state index contributed by atoms with van der Waals surface area (Å²) in [5.74, 6) is -0.145. The summed E-state index contributed by atoms with van der Waals surface area (Å²) >= 11 is 0. The van der Waals surface area contributed by atoms with Gasteiger partial charge >= 0.3 is 0 Å². The van der Waals surface area contributed by atoms with Crippen LogP contribution in [0.4, 0.5) is 0 Å². The topological polar surface area (TPSA) is 264 Å². The Labute approximate surface area is 235 Å². The number of nitrogens with one attached hydrogen (secondary N) is 3. The lowest BCUT2D eigenvalue weighted by Gasteiger charge is -2.48. The second kappa shape index (κ2) is 14.9. The van der Waals surface area contributed by atoms with Crippen LogP contribution in [-0.2, 0) is 18.9 Å². The average molecular weight is 579 g/mol. The number of ether oxygens (including phenoxy) is 4. The molecule has 40 heavy (non-hydrogen) atoms. The van der Waals surface area contributed by atoms with E-state index >= 15 is 0 Å². The second-order valence-corrected chi connectivity index (χ2v) is 11.4. The first-order chi connectivity index (χ1) is 18.9. The van der Waals surface area contributed by atoms with Crippen LogP contribution in [0.15, 0.2) is 0 Å². The van der Waals surface area contributed by atoms with Crippen molar-refractivity contribution in [1.29, 1.82) is 5.41 Å². The van der Waals surface area contributed by atoms with E-state index in [0.29, 0.717) is 25.9 Å². The standard InChI is InChI=1S/C25H50N6O9/c1-12(34)19(11-33)37-13(2)38-22-18(31-24(29)25(36)8-14(26)9-25)7-17(28)21(20(22)35)40-23-16(27)4-3-15(39-23)10-30-5-6-32/h12-23,30,32-36H,3-11,26-28H2,1-2H3,(H2,29,31)/t12?,13?,14?,15-,16?,17-,18+,19?,20?,21?,22?,23+,25?/m0/s1. The smallest absolute Gasteiger partial charge is 0.173 e. The third kappa shape index (κ3) is 8.50. The summed E-state index contributed by atoms with van der Waals surface area (Å²) in [4.78, 5) is 0. The first-order valence-electron chi connectivity index (χ1n) is 14.1. The third-order valence-corrected chi connectivity index (χ3v) is 7.90. The Balaban J connectivity index is 1.73. The molecular weight excluding hydrogens is 528 g/mol. The maximum Gasteiger partial charge on any atom is 0.173 e. The minimum atomic E-state index is -1.40. The SMILES string of the molecule is CC(OC(CO)C(C)O)OC1C(O)C(O[C@H]2O[C@H](CNCCO)CCC2N)[C@@H](N)C[C@H]1NC(=N)C1(O)CC(N)C1. The monoisotopic (exact) mass is 578 g/mol. The van der Waals surface area contributed by atoms with Crippen LogP contribution in [0.3, 0.4) is 0 Å². The number of nitrogens with two attached hydrogens (primary N) is 3. The van der Waals surface area contributed by atoms with Gasteiger partial charge in [0.25, 0.3) is 0 Å². The van der Waals surface area contributed by atoms with E-state index in [-0.39, 0.29) is 43.9 Å². The van der Waals surface area contributed by atoms with Crippen LogP contribution in [0.1, 0.15) is 46.0 Å². The Bertz CT molecular complexity index is 792. The van der Waals surface area contributed by atoms with Crippen LogP contribution < -0.4 is 27.8 Å². The van der Waals surface area contributed by atoms with Gasteiger partial charge in [0, 0.05) is 25.2 Å². The van der Waals surface area contributed by atoms with E-state index in [0.717, 1.165) is 0 Å². The Morgan fingerprint density at radius 2 is 1.82 bits per heavy atom. The number of rotatable bonds is 14. The highest BCUT2D eigenvalue weighted by Crippen LogP contribution is 2.33. The fraction of sp³-hybridized carbons (Fsp3) is 0.960. The van der Waals surface area contributed by atoms with Gasteiger partial charge in [-0.25, -0.2) is 0 Å². The van der Waals surface area contributed by atoms with E-state index < -0.39 is 73.4 Å². The van der Waals surface area contributed by atoms with E-state index in [9.17, 15) is 20.4 Å². The summed E-state index contributed by atoms with van der Waals surface area (Å²) in [6.45, 7) is 3.53. The minimum Gasteiger partial charge on any atom is -0.395 e. The Morgan fingerprint density at radius 3 is 2.42 bits per heavy atom. The van der Waals surface area contributed by atoms with Crippen molar-refractivity contribution in [2.24, 2.45) is 17.2 Å². The number of hydrogen-bond acceptors (Lipinski definition) is 14. The van der Waals surface area contributed by atoms with Crippen LogP contribution in [0.2, 0.25) is 0 Å². The molecule has 3 fully saturated rings. The lowest BCUT2D eigenvalue weighted by atomic mass is 9.74. The second-order valence-electron chi connectivity index (χ2n) is 11.4. The van der Waals surface area contributed by atoms with Gasteiger partial charge in [0.2, 0.25) is 0 Å². The quantitative estimate of drug-likeness (QED) is 0.0408. The summed E-state index contributed by atoms with van der Waals surface area (Å²) in [7, 11) is 0. The van der Waals surface area contributed by atoms with Gasteiger partial charge in [-0.2, -0.15) is 0 Å². The molecule has 3 aliphatic rings. The zero-order chi connectivity index (χ0) is 29.6. The number of aliphatic hydroxyl groups is 5. The molecule has 0 amide bonds. The molecule has 7 unspecified atom stereocenters. The van der Waals surface area contributed by atoms with Gasteiger partial charge in [-0.05, 0) is 46.0 Å². The van der Waals surface area contributed by atoms with E-state index in [1.807, 2.05) is 0 Å². The van der Waals surface area contributed by atoms with Crippen LogP contribution >= 0.6 is 0 Å². The molecule has 0 aromatic carbocycles. The molecule has 0 radical (unpaired) electrons. The van der Waals surface area contributed by atoms with Gasteiger partial charge in [0.1, 0.15) is 35.9 Å². The molecule has 2 aliphatic carbocycles. The molecule has 15 nitrogen and oxygen atoms in total. The summed E-state index contributed by atoms with van der Waals surface area (Å²) in [6.07, 6.45) is -5.20. The molecule has 15 heteroatoms. The normalized spacial score (nSPS) is 40.6. The first-order valence-corrected chi connectivity index (χ1v) is 14.1. The van der Waals surface area contributed by atoms with Gasteiger partial charge in [-0.1, -0.05) is 0 Å². The Hall–Kier alpha value is -1.05. The van der Waals surface area contributed by atoms with Crippen molar-refractivity contribution in [3.8, 4) is 0 Å². The van der Waals surface area contributed by atoms with E-state index in [1.165, 1.54) is 6.92 Å². The predicted octanol–water partition coefficient (Wildman–Crippen LogP) is -3.85. The molecule has 1 aliphatic heterocycles. The maximum atomic E-state index is 11.5. The largest absolute Gasteiger partial charge is 0.395 e. The van der Waals surface area contributed by atoms with Crippen LogP contribution in [0.5, 0.6) is 0 Å². The summed E-state index contributed by atoms with van der Waals surface area (Å²) in [6, 6.07) is -2.07. The van der Waals surface area contributed by atoms with Gasteiger partial charge in [0.05, 0.1) is 37.5 Å². The van der Waals surface area contributed by atoms with E-state index in [4.69, 9.17) is 46.7 Å². The molecule has 0 aromatic rings. The van der Waals surface area contributed by atoms with Gasteiger partial charge in [-0.15, -0.1) is 0 Å². The van der Waals surface area contributed by atoms with Crippen molar-refractivity contribution in [2.45, 2.75) is 125 Å². The first kappa shape index (κ1) is 33.5. The number of hydrogen-bond donors (Lipinski definition) is 11. The van der Waals surface area contributed by atoms with Gasteiger partial charge < -0.3 is 72.3 Å². The molecule has 1 heterocycles. The van der Waals surface area contributed by atoms with Crippen LogP contribution in [0, 0.1) is 5.41 Å². The maximum absolute atomic E-state index is 11.5. The number of aliphatic hydroxyl groups excluding tert-OH is 4. The Kier molecular flexibility index (Phi) is 12.5. The molecule has 11 atom stereocenters. The predicted molar refractivity (Wildman–Crippen MR) is 144 cm³/mol. The van der Waals surface area contributed by atoms with Crippen molar-refractivity contribution in [2.75, 3.05) is 26.3 Å². The van der Waals surface area contributed by atoms with Crippen molar-refractivity contribution >= 4 is 5.84 Å². The Morgan fingerprint density at radius 1 is 1.12 bits per heavy atom. The highest BCUT2D eigenvalue weighted by atomic mass is 16.7. The highest BCUT2D eigenvalue weighted by Gasteiger charge is 2.50. The molecule has 3 rings (SSSR count). The molecular formula is C25H50N6O9. The molecule has 0 aromatic heterocycles.